The molecule has 0 spiro atoms. The lowest BCUT2D eigenvalue weighted by molar-refractivity contribution is 0.884. The Balaban J connectivity index is 2.11. The zero-order valence-corrected chi connectivity index (χ0v) is 10.7. The number of benzene rings is 1. The van der Waals surface area contributed by atoms with Crippen LogP contribution < -0.4 is 0 Å². The predicted octanol–water partition coefficient (Wildman–Crippen LogP) is 3.46. The zero-order chi connectivity index (χ0) is 11.4. The predicted molar refractivity (Wildman–Crippen MR) is 68.6 cm³/mol. The second kappa shape index (κ2) is 5.21. The Morgan fingerprint density at radius 3 is 2.62 bits per heavy atom. The number of hydrogen-bond acceptors (Lipinski definition) is 2. The molecule has 1 aromatic heterocycles. The van der Waals surface area contributed by atoms with E-state index in [0.29, 0.717) is 4.83 Å². The van der Waals surface area contributed by atoms with Crippen molar-refractivity contribution < 1.29 is 0 Å². The van der Waals surface area contributed by atoms with Gasteiger partial charge in [0.15, 0.2) is 0 Å². The second-order valence-electron chi connectivity index (χ2n) is 3.73. The van der Waals surface area contributed by atoms with Gasteiger partial charge in [0, 0.05) is 22.6 Å². The van der Waals surface area contributed by atoms with E-state index in [-0.39, 0.29) is 0 Å². The molecule has 82 valence electrons. The van der Waals surface area contributed by atoms with Gasteiger partial charge in [-0.05, 0) is 18.6 Å². The van der Waals surface area contributed by atoms with Crippen LogP contribution in [0.2, 0.25) is 0 Å². The van der Waals surface area contributed by atoms with E-state index in [1.165, 1.54) is 5.56 Å². The molecule has 1 aromatic carbocycles. The minimum absolute atomic E-state index is 0.308. The van der Waals surface area contributed by atoms with Crippen LogP contribution in [0.5, 0.6) is 0 Å². The van der Waals surface area contributed by atoms with Gasteiger partial charge in [0.1, 0.15) is 6.33 Å². The maximum absolute atomic E-state index is 4.26. The van der Waals surface area contributed by atoms with Crippen molar-refractivity contribution in [2.45, 2.75) is 18.2 Å². The first-order valence-electron chi connectivity index (χ1n) is 5.22. The van der Waals surface area contributed by atoms with E-state index in [2.05, 4.69) is 50.2 Å². The van der Waals surface area contributed by atoms with E-state index in [4.69, 9.17) is 0 Å². The highest BCUT2D eigenvalue weighted by Gasteiger charge is 2.08. The van der Waals surface area contributed by atoms with Crippen LogP contribution in [-0.2, 0) is 6.42 Å². The average Bonchev–Trinajstić information content (AvgIpc) is 2.30. The molecule has 0 bridgehead atoms. The molecular weight excluding hydrogens is 264 g/mol. The van der Waals surface area contributed by atoms with Crippen molar-refractivity contribution in [2.75, 3.05) is 0 Å². The van der Waals surface area contributed by atoms with E-state index >= 15 is 0 Å². The van der Waals surface area contributed by atoms with Gasteiger partial charge in [-0.2, -0.15) is 0 Å². The van der Waals surface area contributed by atoms with E-state index < -0.39 is 0 Å². The van der Waals surface area contributed by atoms with Gasteiger partial charge in [0.05, 0.1) is 0 Å². The zero-order valence-electron chi connectivity index (χ0n) is 9.10. The second-order valence-corrected chi connectivity index (χ2v) is 4.84. The molecule has 2 rings (SSSR count). The van der Waals surface area contributed by atoms with Gasteiger partial charge in [0.25, 0.3) is 0 Å². The number of aryl methyl sites for hydroxylation is 1. The summed E-state index contributed by atoms with van der Waals surface area (Å²) in [7, 11) is 0. The Bertz CT molecular complexity index is 456. The summed E-state index contributed by atoms with van der Waals surface area (Å²) in [5.74, 6) is 0. The number of nitrogens with zero attached hydrogens (tertiary/aromatic N) is 2. The fraction of sp³-hybridized carbons (Fsp3) is 0.231. The van der Waals surface area contributed by atoms with Crippen molar-refractivity contribution in [1.29, 1.82) is 0 Å². The minimum atomic E-state index is 0.308. The smallest absolute Gasteiger partial charge is 0.115 e. The molecule has 3 heteroatoms. The van der Waals surface area contributed by atoms with Gasteiger partial charge in [-0.1, -0.05) is 46.3 Å². The molecule has 0 amide bonds. The Morgan fingerprint density at radius 2 is 1.94 bits per heavy atom. The minimum Gasteiger partial charge on any atom is -0.242 e. The van der Waals surface area contributed by atoms with Crippen molar-refractivity contribution in [1.82, 2.24) is 9.97 Å². The molecule has 0 aliphatic carbocycles. The Labute approximate surface area is 104 Å². The molecule has 0 N–H and O–H groups in total. The number of aromatic nitrogens is 2. The molecule has 0 radical (unpaired) electrons. The van der Waals surface area contributed by atoms with E-state index in [9.17, 15) is 0 Å². The molecule has 0 saturated heterocycles. The third-order valence-corrected chi connectivity index (χ3v) is 3.26. The normalized spacial score (nSPS) is 12.4. The van der Waals surface area contributed by atoms with Gasteiger partial charge in [-0.3, -0.25) is 0 Å². The van der Waals surface area contributed by atoms with Crippen LogP contribution in [0, 0.1) is 6.92 Å². The fourth-order valence-electron chi connectivity index (χ4n) is 1.58. The molecule has 0 fully saturated rings. The first kappa shape index (κ1) is 11.3. The Hall–Kier alpha value is -1.22. The molecule has 1 unspecified atom stereocenters. The van der Waals surface area contributed by atoms with Gasteiger partial charge < -0.3 is 0 Å². The van der Waals surface area contributed by atoms with Gasteiger partial charge >= 0.3 is 0 Å². The van der Waals surface area contributed by atoms with Gasteiger partial charge in [-0.25, -0.2) is 9.97 Å². The lowest BCUT2D eigenvalue weighted by atomic mass is 10.1. The fourth-order valence-corrected chi connectivity index (χ4v) is 2.22. The molecule has 0 aliphatic rings. The molecule has 2 aromatic rings. The summed E-state index contributed by atoms with van der Waals surface area (Å²) in [6, 6.07) is 12.4. The summed E-state index contributed by atoms with van der Waals surface area (Å²) >= 11 is 3.69. The average molecular weight is 277 g/mol. The highest BCUT2D eigenvalue weighted by atomic mass is 79.9. The lowest BCUT2D eigenvalue weighted by Gasteiger charge is -2.09. The van der Waals surface area contributed by atoms with E-state index in [0.717, 1.165) is 17.8 Å². The first-order chi connectivity index (χ1) is 7.75. The number of hydrogen-bond donors (Lipinski definition) is 0. The van der Waals surface area contributed by atoms with Crippen molar-refractivity contribution in [3.63, 3.8) is 0 Å². The number of halogens is 1. The van der Waals surface area contributed by atoms with E-state index in [1.807, 2.05) is 19.1 Å². The number of rotatable bonds is 3. The quantitative estimate of drug-likeness (QED) is 0.803. The van der Waals surface area contributed by atoms with Crippen LogP contribution in [0.25, 0.3) is 0 Å². The molecular formula is C13H13BrN2. The highest BCUT2D eigenvalue weighted by molar-refractivity contribution is 9.09. The SMILES string of the molecule is Cc1cc(CC(Br)c2ccccc2)ncn1. The summed E-state index contributed by atoms with van der Waals surface area (Å²) in [5, 5.41) is 0. The molecule has 16 heavy (non-hydrogen) atoms. The van der Waals surface area contributed by atoms with Crippen molar-refractivity contribution in [2.24, 2.45) is 0 Å². The largest absolute Gasteiger partial charge is 0.242 e. The van der Waals surface area contributed by atoms with Crippen LogP contribution in [-0.4, -0.2) is 9.97 Å². The third-order valence-electron chi connectivity index (χ3n) is 2.41. The van der Waals surface area contributed by atoms with Crippen LogP contribution in [0.1, 0.15) is 21.8 Å². The maximum Gasteiger partial charge on any atom is 0.115 e. The van der Waals surface area contributed by atoms with Crippen molar-refractivity contribution in [3.05, 3.63) is 59.7 Å². The molecule has 0 aliphatic heterocycles. The maximum atomic E-state index is 4.26. The summed E-state index contributed by atoms with van der Waals surface area (Å²) in [6.45, 7) is 1.98. The topological polar surface area (TPSA) is 25.8 Å². The molecule has 1 atom stereocenters. The van der Waals surface area contributed by atoms with E-state index in [1.54, 1.807) is 6.33 Å². The van der Waals surface area contributed by atoms with Crippen molar-refractivity contribution in [3.8, 4) is 0 Å². The molecule has 0 saturated carbocycles. The first-order valence-corrected chi connectivity index (χ1v) is 6.14. The van der Waals surface area contributed by atoms with Crippen LogP contribution in [0.4, 0.5) is 0 Å². The van der Waals surface area contributed by atoms with Crippen molar-refractivity contribution >= 4 is 15.9 Å². The Kier molecular flexibility index (Phi) is 3.67. The van der Waals surface area contributed by atoms with Crippen LogP contribution >= 0.6 is 15.9 Å². The molecule has 1 heterocycles. The van der Waals surface area contributed by atoms with Gasteiger partial charge in [-0.15, -0.1) is 0 Å². The third kappa shape index (κ3) is 2.89. The molecule has 2 nitrogen and oxygen atoms in total. The van der Waals surface area contributed by atoms with Crippen LogP contribution in [0.15, 0.2) is 42.7 Å². The highest BCUT2D eigenvalue weighted by Crippen LogP contribution is 2.25. The lowest BCUT2D eigenvalue weighted by Crippen LogP contribution is -1.99. The standard InChI is InChI=1S/C13H13BrN2/c1-10-7-12(16-9-15-10)8-13(14)11-5-3-2-4-6-11/h2-7,9,13H,8H2,1H3. The Morgan fingerprint density at radius 1 is 1.19 bits per heavy atom. The summed E-state index contributed by atoms with van der Waals surface area (Å²) in [6.07, 6.45) is 2.50. The summed E-state index contributed by atoms with van der Waals surface area (Å²) in [4.78, 5) is 8.67. The summed E-state index contributed by atoms with van der Waals surface area (Å²) < 4.78 is 0. The van der Waals surface area contributed by atoms with Crippen LogP contribution in [0.3, 0.4) is 0 Å². The summed E-state index contributed by atoms with van der Waals surface area (Å²) in [5.41, 5.74) is 3.36. The van der Waals surface area contributed by atoms with Gasteiger partial charge in [0.2, 0.25) is 0 Å². The number of alkyl halides is 1. The monoisotopic (exact) mass is 276 g/mol.